The van der Waals surface area contributed by atoms with E-state index in [1.807, 2.05) is 42.7 Å². The number of benzene rings is 2. The molecule has 0 aliphatic carbocycles. The number of thioether (sulfide) groups is 1. The van der Waals surface area contributed by atoms with Gasteiger partial charge in [0.05, 0.1) is 27.9 Å². The van der Waals surface area contributed by atoms with Gasteiger partial charge in [-0.3, -0.25) is 9.36 Å². The summed E-state index contributed by atoms with van der Waals surface area (Å²) in [5, 5.41) is 0. The molecule has 2 aromatic carbocycles. The highest BCUT2D eigenvalue weighted by Crippen LogP contribution is 2.32. The number of terminal acetylenes is 1. The van der Waals surface area contributed by atoms with E-state index in [9.17, 15) is 9.59 Å². The number of esters is 1. The lowest BCUT2D eigenvalue weighted by Gasteiger charge is -2.25. The van der Waals surface area contributed by atoms with Crippen LogP contribution < -0.4 is 19.6 Å². The number of hydrogen-bond donors (Lipinski definition) is 0. The molecule has 3 aromatic rings. The molecule has 1 atom stereocenters. The molecule has 0 saturated heterocycles. The Labute approximate surface area is 231 Å². The summed E-state index contributed by atoms with van der Waals surface area (Å²) >= 11 is 6.36. The summed E-state index contributed by atoms with van der Waals surface area (Å²) in [6.07, 6.45) is 8.82. The van der Waals surface area contributed by atoms with E-state index >= 15 is 0 Å². The van der Waals surface area contributed by atoms with Gasteiger partial charge in [-0.1, -0.05) is 45.3 Å². The van der Waals surface area contributed by atoms with Gasteiger partial charge in [-0.05, 0) is 69.0 Å². The molecule has 0 unspecified atom stereocenters. The fourth-order valence-corrected chi connectivity index (χ4v) is 5.81. The number of hydrogen-bond acceptors (Lipinski definition) is 7. The fraction of sp³-hybridized carbons (Fsp3) is 0.250. The van der Waals surface area contributed by atoms with Crippen LogP contribution in [0.3, 0.4) is 0 Å². The Morgan fingerprint density at radius 2 is 2.03 bits per heavy atom. The SMILES string of the molecule is C#CCOc1ccc(Br)cc1/C=c1\sc2n(c1=O)[C@H](c1ccc(SC)cc1)C(C(=O)OC(C)C)=C(C)N=2. The fourth-order valence-electron chi connectivity index (χ4n) is 3.99. The molecular weight excluding hydrogens is 572 g/mol. The second-order valence-electron chi connectivity index (χ2n) is 8.48. The first kappa shape index (κ1) is 27.0. The number of aromatic nitrogens is 1. The van der Waals surface area contributed by atoms with Gasteiger partial charge >= 0.3 is 5.97 Å². The summed E-state index contributed by atoms with van der Waals surface area (Å²) in [5.41, 5.74) is 2.12. The smallest absolute Gasteiger partial charge is 0.338 e. The van der Waals surface area contributed by atoms with Crippen LogP contribution in [0.15, 0.2) is 72.9 Å². The van der Waals surface area contributed by atoms with E-state index in [0.29, 0.717) is 31.9 Å². The number of nitrogens with zero attached hydrogens (tertiary/aromatic N) is 2. The minimum atomic E-state index is -0.666. The zero-order chi connectivity index (χ0) is 26.7. The molecule has 2 heterocycles. The molecule has 9 heteroatoms. The zero-order valence-corrected chi connectivity index (χ0v) is 24.0. The largest absolute Gasteiger partial charge is 0.480 e. The van der Waals surface area contributed by atoms with Gasteiger partial charge in [-0.25, -0.2) is 9.79 Å². The van der Waals surface area contributed by atoms with Crippen LogP contribution in [-0.4, -0.2) is 29.5 Å². The monoisotopic (exact) mass is 596 g/mol. The average Bonchev–Trinajstić information content (AvgIpc) is 3.16. The Morgan fingerprint density at radius 3 is 2.68 bits per heavy atom. The molecular formula is C28H25BrN2O4S2. The number of fused-ring (bicyclic) bond motifs is 1. The zero-order valence-electron chi connectivity index (χ0n) is 20.8. The van der Waals surface area contributed by atoms with Crippen LogP contribution >= 0.6 is 39.0 Å². The first-order valence-corrected chi connectivity index (χ1v) is 14.3. The number of allylic oxidation sites excluding steroid dienone is 1. The molecule has 0 radical (unpaired) electrons. The molecule has 1 aliphatic heterocycles. The van der Waals surface area contributed by atoms with Gasteiger partial charge in [0.25, 0.3) is 5.56 Å². The lowest BCUT2D eigenvalue weighted by molar-refractivity contribution is -0.143. The second kappa shape index (κ2) is 11.5. The van der Waals surface area contributed by atoms with Crippen molar-refractivity contribution in [1.82, 2.24) is 4.57 Å². The number of rotatable bonds is 7. The van der Waals surface area contributed by atoms with Crippen molar-refractivity contribution in [2.75, 3.05) is 12.9 Å². The van der Waals surface area contributed by atoms with Crippen molar-refractivity contribution >= 4 is 51.1 Å². The van der Waals surface area contributed by atoms with E-state index in [2.05, 4.69) is 26.8 Å². The highest BCUT2D eigenvalue weighted by molar-refractivity contribution is 9.10. The van der Waals surface area contributed by atoms with Gasteiger partial charge in [0.1, 0.15) is 12.4 Å². The average molecular weight is 598 g/mol. The van der Waals surface area contributed by atoms with E-state index < -0.39 is 12.0 Å². The molecule has 0 amide bonds. The third-order valence-electron chi connectivity index (χ3n) is 5.59. The first-order chi connectivity index (χ1) is 17.7. The van der Waals surface area contributed by atoms with E-state index in [1.54, 1.807) is 49.2 Å². The lowest BCUT2D eigenvalue weighted by Crippen LogP contribution is -2.40. The van der Waals surface area contributed by atoms with Crippen LogP contribution in [0.1, 0.15) is 37.9 Å². The Hall–Kier alpha value is -3.06. The summed E-state index contributed by atoms with van der Waals surface area (Å²) in [6.45, 7) is 5.47. The van der Waals surface area contributed by atoms with Gasteiger partial charge in [0.15, 0.2) is 4.80 Å². The topological polar surface area (TPSA) is 69.9 Å². The van der Waals surface area contributed by atoms with Crippen LogP contribution in [-0.2, 0) is 9.53 Å². The number of carbonyl (C=O) groups is 1. The third-order valence-corrected chi connectivity index (χ3v) is 7.81. The molecule has 0 saturated carbocycles. The third kappa shape index (κ3) is 5.77. The molecule has 0 bridgehead atoms. The van der Waals surface area contributed by atoms with Gasteiger partial charge < -0.3 is 9.47 Å². The number of ether oxygens (including phenoxy) is 2. The van der Waals surface area contributed by atoms with Crippen LogP contribution in [0.2, 0.25) is 0 Å². The lowest BCUT2D eigenvalue weighted by atomic mass is 9.96. The molecule has 0 N–H and O–H groups in total. The summed E-state index contributed by atoms with van der Waals surface area (Å²) in [7, 11) is 0. The molecule has 4 rings (SSSR count). The van der Waals surface area contributed by atoms with E-state index in [-0.39, 0.29) is 18.3 Å². The van der Waals surface area contributed by atoms with Gasteiger partial charge in [0, 0.05) is 14.9 Å². The molecule has 1 aromatic heterocycles. The van der Waals surface area contributed by atoms with Crippen molar-refractivity contribution in [3.8, 4) is 18.1 Å². The van der Waals surface area contributed by atoms with Crippen LogP contribution in [0.4, 0.5) is 0 Å². The Morgan fingerprint density at radius 1 is 1.30 bits per heavy atom. The predicted molar refractivity (Wildman–Crippen MR) is 152 cm³/mol. The van der Waals surface area contributed by atoms with Crippen molar-refractivity contribution in [1.29, 1.82) is 0 Å². The van der Waals surface area contributed by atoms with Crippen LogP contribution in [0, 0.1) is 12.3 Å². The van der Waals surface area contributed by atoms with Crippen LogP contribution in [0.25, 0.3) is 6.08 Å². The van der Waals surface area contributed by atoms with Crippen molar-refractivity contribution < 1.29 is 14.3 Å². The minimum Gasteiger partial charge on any atom is -0.480 e. The Balaban J connectivity index is 1.93. The maximum absolute atomic E-state index is 13.9. The number of carbonyl (C=O) groups excluding carboxylic acids is 1. The summed E-state index contributed by atoms with van der Waals surface area (Å²) in [5.74, 6) is 2.54. The molecule has 0 spiro atoms. The number of thiazole rings is 1. The number of halogens is 1. The summed E-state index contributed by atoms with van der Waals surface area (Å²) in [6, 6.07) is 12.7. The summed E-state index contributed by atoms with van der Waals surface area (Å²) in [4.78, 5) is 33.3. The standard InChI is InChI=1S/C28H25BrN2O4S2/c1-6-13-34-22-12-9-20(29)14-19(22)15-23-26(32)31-25(18-7-10-21(36-5)11-8-18)24(27(33)35-16(2)3)17(4)30-28(31)37-23/h1,7-12,14-16,25H,13H2,2-5H3/b23-15-/t25-/m1/s1. The second-order valence-corrected chi connectivity index (χ2v) is 11.3. The highest BCUT2D eigenvalue weighted by Gasteiger charge is 2.33. The molecule has 37 heavy (non-hydrogen) atoms. The van der Waals surface area contributed by atoms with Gasteiger partial charge in [-0.2, -0.15) is 0 Å². The predicted octanol–water partition coefficient (Wildman–Crippen LogP) is 4.68. The van der Waals surface area contributed by atoms with Gasteiger partial charge in [-0.15, -0.1) is 18.2 Å². The van der Waals surface area contributed by atoms with E-state index in [4.69, 9.17) is 15.9 Å². The normalized spacial score (nSPS) is 15.3. The molecule has 6 nitrogen and oxygen atoms in total. The van der Waals surface area contributed by atoms with Crippen molar-refractivity contribution in [3.63, 3.8) is 0 Å². The Bertz CT molecular complexity index is 1590. The summed E-state index contributed by atoms with van der Waals surface area (Å²) < 4.78 is 14.1. The van der Waals surface area contributed by atoms with Crippen LogP contribution in [0.5, 0.6) is 5.75 Å². The first-order valence-electron chi connectivity index (χ1n) is 11.5. The van der Waals surface area contributed by atoms with Crippen molar-refractivity contribution in [2.24, 2.45) is 4.99 Å². The maximum Gasteiger partial charge on any atom is 0.338 e. The minimum absolute atomic E-state index is 0.107. The van der Waals surface area contributed by atoms with E-state index in [0.717, 1.165) is 14.9 Å². The van der Waals surface area contributed by atoms with Crippen molar-refractivity contribution in [3.05, 3.63) is 89.0 Å². The van der Waals surface area contributed by atoms with Gasteiger partial charge in [0.2, 0.25) is 0 Å². The maximum atomic E-state index is 13.9. The molecule has 0 fully saturated rings. The van der Waals surface area contributed by atoms with E-state index in [1.165, 1.54) is 11.3 Å². The molecule has 1 aliphatic rings. The Kier molecular flexibility index (Phi) is 8.42. The van der Waals surface area contributed by atoms with Crippen molar-refractivity contribution in [2.45, 2.75) is 37.8 Å². The molecule has 190 valence electrons. The highest BCUT2D eigenvalue weighted by atomic mass is 79.9. The quantitative estimate of drug-likeness (QED) is 0.225.